The molecule has 1 aromatic heterocycles. The van der Waals surface area contributed by atoms with Gasteiger partial charge in [-0.3, -0.25) is 4.72 Å². The number of nitrogens with one attached hydrogen (secondary N) is 1. The first-order valence-corrected chi connectivity index (χ1v) is 7.78. The standard InChI is InChI=1S/C13H14FN3O3S/c1-10-6-7-15-13(16-10)17-21(18,19)9-8-20-12-4-2-11(14)3-5-12/h2-7H,8-9H2,1H3,(H,15,16,17). The van der Waals surface area contributed by atoms with Gasteiger partial charge < -0.3 is 4.74 Å². The van der Waals surface area contributed by atoms with Crippen molar-refractivity contribution >= 4 is 16.0 Å². The number of nitrogens with zero attached hydrogens (tertiary/aromatic N) is 2. The number of sulfonamides is 1. The zero-order chi connectivity index (χ0) is 15.3. The van der Waals surface area contributed by atoms with Crippen molar-refractivity contribution in [3.63, 3.8) is 0 Å². The maximum absolute atomic E-state index is 12.7. The average molecular weight is 311 g/mol. The third-order valence-corrected chi connectivity index (χ3v) is 3.67. The fourth-order valence-electron chi connectivity index (χ4n) is 1.49. The van der Waals surface area contributed by atoms with Crippen LogP contribution in [0.5, 0.6) is 5.75 Å². The molecule has 0 aliphatic carbocycles. The largest absolute Gasteiger partial charge is 0.492 e. The molecule has 0 atom stereocenters. The summed E-state index contributed by atoms with van der Waals surface area (Å²) < 4.78 is 43.8. The normalized spacial score (nSPS) is 11.1. The van der Waals surface area contributed by atoms with Gasteiger partial charge in [-0.25, -0.2) is 22.8 Å². The number of hydrogen-bond donors (Lipinski definition) is 1. The fraction of sp³-hybridized carbons (Fsp3) is 0.231. The molecule has 1 heterocycles. The van der Waals surface area contributed by atoms with Crippen LogP contribution in [0, 0.1) is 12.7 Å². The van der Waals surface area contributed by atoms with E-state index in [-0.39, 0.29) is 24.1 Å². The number of aromatic nitrogens is 2. The molecule has 0 saturated carbocycles. The van der Waals surface area contributed by atoms with E-state index < -0.39 is 10.0 Å². The van der Waals surface area contributed by atoms with Crippen molar-refractivity contribution < 1.29 is 17.5 Å². The third-order valence-electron chi connectivity index (χ3n) is 2.48. The highest BCUT2D eigenvalue weighted by Gasteiger charge is 2.12. The van der Waals surface area contributed by atoms with Gasteiger partial charge in [-0.1, -0.05) is 0 Å². The summed E-state index contributed by atoms with van der Waals surface area (Å²) in [5.74, 6) is -0.217. The first kappa shape index (κ1) is 15.2. The summed E-state index contributed by atoms with van der Waals surface area (Å²) in [7, 11) is -3.60. The molecule has 2 aromatic rings. The quantitative estimate of drug-likeness (QED) is 0.879. The molecule has 2 rings (SSSR count). The van der Waals surface area contributed by atoms with Crippen LogP contribution in [0.1, 0.15) is 5.69 Å². The van der Waals surface area contributed by atoms with Crippen molar-refractivity contribution in [2.75, 3.05) is 17.1 Å². The lowest BCUT2D eigenvalue weighted by Gasteiger charge is -2.08. The number of ether oxygens (including phenoxy) is 1. The van der Waals surface area contributed by atoms with Crippen LogP contribution in [-0.4, -0.2) is 30.7 Å². The van der Waals surface area contributed by atoms with Crippen LogP contribution in [0.15, 0.2) is 36.5 Å². The van der Waals surface area contributed by atoms with E-state index in [2.05, 4.69) is 14.7 Å². The predicted octanol–water partition coefficient (Wildman–Crippen LogP) is 1.74. The molecule has 0 fully saturated rings. The number of anilines is 1. The summed E-state index contributed by atoms with van der Waals surface area (Å²) in [5, 5.41) is 0. The van der Waals surface area contributed by atoms with E-state index in [1.807, 2.05) is 0 Å². The van der Waals surface area contributed by atoms with Crippen molar-refractivity contribution in [3.8, 4) is 5.75 Å². The van der Waals surface area contributed by atoms with Crippen molar-refractivity contribution in [2.45, 2.75) is 6.92 Å². The second kappa shape index (κ2) is 6.49. The molecule has 0 unspecified atom stereocenters. The molecule has 112 valence electrons. The number of hydrogen-bond acceptors (Lipinski definition) is 5. The number of rotatable bonds is 6. The van der Waals surface area contributed by atoms with Gasteiger partial charge in [0.2, 0.25) is 16.0 Å². The van der Waals surface area contributed by atoms with Crippen LogP contribution in [0.4, 0.5) is 10.3 Å². The van der Waals surface area contributed by atoms with Gasteiger partial charge in [0, 0.05) is 11.9 Å². The molecule has 0 spiro atoms. The van der Waals surface area contributed by atoms with Crippen molar-refractivity contribution in [1.82, 2.24) is 9.97 Å². The Morgan fingerprint density at radius 2 is 1.95 bits per heavy atom. The van der Waals surface area contributed by atoms with Crippen LogP contribution >= 0.6 is 0 Å². The topological polar surface area (TPSA) is 81.2 Å². The van der Waals surface area contributed by atoms with E-state index in [0.29, 0.717) is 11.4 Å². The van der Waals surface area contributed by atoms with Gasteiger partial charge >= 0.3 is 0 Å². The van der Waals surface area contributed by atoms with Gasteiger partial charge in [0.25, 0.3) is 0 Å². The minimum Gasteiger partial charge on any atom is -0.492 e. The summed E-state index contributed by atoms with van der Waals surface area (Å²) in [6.45, 7) is 1.67. The van der Waals surface area contributed by atoms with Crippen LogP contribution in [0.3, 0.4) is 0 Å². The molecular formula is C13H14FN3O3S. The predicted molar refractivity (Wildman–Crippen MR) is 76.1 cm³/mol. The minimum atomic E-state index is -3.60. The Morgan fingerprint density at radius 1 is 1.24 bits per heavy atom. The molecule has 1 N–H and O–H groups in total. The van der Waals surface area contributed by atoms with Crippen molar-refractivity contribution in [1.29, 1.82) is 0 Å². The summed E-state index contributed by atoms with van der Waals surface area (Å²) in [4.78, 5) is 7.77. The molecule has 0 amide bonds. The Balaban J connectivity index is 1.88. The molecule has 0 bridgehead atoms. The Labute approximate surface area is 122 Å². The van der Waals surface area contributed by atoms with E-state index in [9.17, 15) is 12.8 Å². The van der Waals surface area contributed by atoms with Crippen LogP contribution < -0.4 is 9.46 Å². The van der Waals surface area contributed by atoms with Crippen LogP contribution in [0.25, 0.3) is 0 Å². The SMILES string of the molecule is Cc1ccnc(NS(=O)(=O)CCOc2ccc(F)cc2)n1. The van der Waals surface area contributed by atoms with Gasteiger partial charge in [0.1, 0.15) is 23.9 Å². The van der Waals surface area contributed by atoms with Crippen molar-refractivity contribution in [3.05, 3.63) is 48.0 Å². The maximum Gasteiger partial charge on any atom is 0.238 e. The summed E-state index contributed by atoms with van der Waals surface area (Å²) >= 11 is 0. The number of benzene rings is 1. The Kier molecular flexibility index (Phi) is 4.69. The molecule has 0 aliphatic rings. The van der Waals surface area contributed by atoms with E-state index in [1.54, 1.807) is 13.0 Å². The van der Waals surface area contributed by atoms with E-state index >= 15 is 0 Å². The summed E-state index contributed by atoms with van der Waals surface area (Å²) in [6, 6.07) is 7.00. The molecule has 1 aromatic carbocycles. The minimum absolute atomic E-state index is 0.0248. The molecule has 0 aliphatic heterocycles. The highest BCUT2D eigenvalue weighted by molar-refractivity contribution is 7.92. The third kappa shape index (κ3) is 4.99. The Morgan fingerprint density at radius 3 is 2.62 bits per heavy atom. The van der Waals surface area contributed by atoms with Gasteiger partial charge in [0.05, 0.1) is 0 Å². The van der Waals surface area contributed by atoms with Crippen LogP contribution in [-0.2, 0) is 10.0 Å². The van der Waals surface area contributed by atoms with Crippen LogP contribution in [0.2, 0.25) is 0 Å². The molecule has 0 radical (unpaired) electrons. The Bertz CT molecular complexity index is 705. The molecule has 6 nitrogen and oxygen atoms in total. The summed E-state index contributed by atoms with van der Waals surface area (Å²) in [6.07, 6.45) is 1.47. The molecular weight excluding hydrogens is 297 g/mol. The zero-order valence-electron chi connectivity index (χ0n) is 11.3. The number of halogens is 1. The Hall–Kier alpha value is -2.22. The zero-order valence-corrected chi connectivity index (χ0v) is 12.1. The van der Waals surface area contributed by atoms with Gasteiger partial charge in [0.15, 0.2) is 0 Å². The van der Waals surface area contributed by atoms with E-state index in [4.69, 9.17) is 4.74 Å². The highest BCUT2D eigenvalue weighted by Crippen LogP contribution is 2.11. The monoisotopic (exact) mass is 311 g/mol. The molecule has 8 heteroatoms. The lowest BCUT2D eigenvalue weighted by atomic mass is 10.3. The highest BCUT2D eigenvalue weighted by atomic mass is 32.2. The second-order valence-corrected chi connectivity index (χ2v) is 6.09. The molecule has 21 heavy (non-hydrogen) atoms. The fourth-order valence-corrected chi connectivity index (χ4v) is 2.27. The first-order valence-electron chi connectivity index (χ1n) is 6.13. The second-order valence-electron chi connectivity index (χ2n) is 4.24. The van der Waals surface area contributed by atoms with Crippen molar-refractivity contribution in [2.24, 2.45) is 0 Å². The van der Waals surface area contributed by atoms with Gasteiger partial charge in [-0.2, -0.15) is 0 Å². The van der Waals surface area contributed by atoms with Gasteiger partial charge in [-0.15, -0.1) is 0 Å². The lowest BCUT2D eigenvalue weighted by Crippen LogP contribution is -2.22. The average Bonchev–Trinajstić information content (AvgIpc) is 2.40. The summed E-state index contributed by atoms with van der Waals surface area (Å²) in [5.41, 5.74) is 0.658. The lowest BCUT2D eigenvalue weighted by molar-refractivity contribution is 0.340. The maximum atomic E-state index is 12.7. The van der Waals surface area contributed by atoms with Gasteiger partial charge in [-0.05, 0) is 37.3 Å². The number of aryl methyl sites for hydroxylation is 1. The van der Waals surface area contributed by atoms with E-state index in [0.717, 1.165) is 0 Å². The molecule has 0 saturated heterocycles. The van der Waals surface area contributed by atoms with E-state index in [1.165, 1.54) is 30.5 Å². The first-order chi connectivity index (χ1) is 9.94. The smallest absolute Gasteiger partial charge is 0.238 e.